The van der Waals surface area contributed by atoms with Gasteiger partial charge in [0.1, 0.15) is 11.6 Å². The van der Waals surface area contributed by atoms with Crippen molar-refractivity contribution in [1.29, 1.82) is 0 Å². The number of hydrogen-bond acceptors (Lipinski definition) is 3. The monoisotopic (exact) mass is 380 g/mol. The molecule has 0 aromatic heterocycles. The highest BCUT2D eigenvalue weighted by Gasteiger charge is 2.33. The Morgan fingerprint density at radius 3 is 2.50 bits per heavy atom. The first-order chi connectivity index (χ1) is 12.3. The molecule has 0 bridgehead atoms. The van der Waals surface area contributed by atoms with Crippen molar-refractivity contribution in [3.63, 3.8) is 0 Å². The molecule has 3 nitrogen and oxygen atoms in total. The van der Waals surface area contributed by atoms with E-state index in [0.29, 0.717) is 5.56 Å². The SMILES string of the molecule is O=C(Cc1cccc(C2=NCCN2)c1)Cc1ccc(Cl)c(C(F)(F)F)c1. The number of nitrogens with zero attached hydrogens (tertiary/aromatic N) is 1. The molecule has 0 unspecified atom stereocenters. The van der Waals surface area contributed by atoms with Gasteiger partial charge >= 0.3 is 6.18 Å². The van der Waals surface area contributed by atoms with E-state index < -0.39 is 11.7 Å². The summed E-state index contributed by atoms with van der Waals surface area (Å²) in [6.07, 6.45) is -4.48. The van der Waals surface area contributed by atoms with Crippen LogP contribution in [-0.2, 0) is 23.8 Å². The highest BCUT2D eigenvalue weighted by atomic mass is 35.5. The van der Waals surface area contributed by atoms with Crippen LogP contribution in [0.2, 0.25) is 5.02 Å². The van der Waals surface area contributed by atoms with Crippen molar-refractivity contribution in [3.05, 3.63) is 69.7 Å². The molecule has 7 heteroatoms. The predicted molar refractivity (Wildman–Crippen MR) is 94.7 cm³/mol. The number of rotatable bonds is 5. The number of amidine groups is 1. The van der Waals surface area contributed by atoms with Gasteiger partial charge in [0.05, 0.1) is 17.1 Å². The van der Waals surface area contributed by atoms with Crippen molar-refractivity contribution in [3.8, 4) is 0 Å². The van der Waals surface area contributed by atoms with Crippen LogP contribution in [0.25, 0.3) is 0 Å². The fourth-order valence-electron chi connectivity index (χ4n) is 2.84. The minimum absolute atomic E-state index is 0.0797. The van der Waals surface area contributed by atoms with E-state index >= 15 is 0 Å². The fraction of sp³-hybridized carbons (Fsp3) is 0.263. The quantitative estimate of drug-likeness (QED) is 0.849. The standard InChI is InChI=1S/C19H16ClF3N2O/c20-17-5-4-13(11-16(17)19(21,22)23)10-15(26)9-12-2-1-3-14(8-12)18-24-6-7-25-18/h1-5,8,11H,6-7,9-10H2,(H,24,25). The molecular weight excluding hydrogens is 365 g/mol. The van der Waals surface area contributed by atoms with Crippen LogP contribution in [-0.4, -0.2) is 24.7 Å². The third-order valence-corrected chi connectivity index (χ3v) is 4.34. The molecule has 1 aliphatic rings. The van der Waals surface area contributed by atoms with Crippen molar-refractivity contribution in [2.24, 2.45) is 4.99 Å². The van der Waals surface area contributed by atoms with Gasteiger partial charge in [0, 0.05) is 24.9 Å². The van der Waals surface area contributed by atoms with Crippen LogP contribution >= 0.6 is 11.6 Å². The van der Waals surface area contributed by atoms with Gasteiger partial charge in [-0.1, -0.05) is 35.9 Å². The molecule has 0 saturated heterocycles. The molecule has 0 radical (unpaired) electrons. The van der Waals surface area contributed by atoms with E-state index in [1.165, 1.54) is 12.1 Å². The number of halogens is 4. The maximum atomic E-state index is 12.9. The zero-order valence-corrected chi connectivity index (χ0v) is 14.5. The molecule has 0 aliphatic carbocycles. The van der Waals surface area contributed by atoms with Gasteiger partial charge < -0.3 is 5.32 Å². The number of benzene rings is 2. The summed E-state index contributed by atoms with van der Waals surface area (Å²) in [5.41, 5.74) is 1.08. The molecular formula is C19H16ClF3N2O. The van der Waals surface area contributed by atoms with Gasteiger partial charge in [-0.25, -0.2) is 0 Å². The van der Waals surface area contributed by atoms with E-state index in [-0.39, 0.29) is 23.6 Å². The summed E-state index contributed by atoms with van der Waals surface area (Å²) in [6.45, 7) is 1.51. The van der Waals surface area contributed by atoms with Gasteiger partial charge in [0.2, 0.25) is 0 Å². The Hall–Kier alpha value is -2.34. The zero-order valence-electron chi connectivity index (χ0n) is 13.7. The Morgan fingerprint density at radius 2 is 1.85 bits per heavy atom. The second-order valence-electron chi connectivity index (χ2n) is 6.06. The lowest BCUT2D eigenvalue weighted by Gasteiger charge is -2.11. The number of Topliss-reactive ketones (excluding diaryl/α,β-unsaturated/α-hetero) is 1. The van der Waals surface area contributed by atoms with Gasteiger partial charge in [-0.15, -0.1) is 0 Å². The molecule has 0 atom stereocenters. The van der Waals surface area contributed by atoms with Crippen molar-refractivity contribution < 1.29 is 18.0 Å². The first-order valence-corrected chi connectivity index (χ1v) is 8.46. The average molecular weight is 381 g/mol. The number of aliphatic imine (C=N–C) groups is 1. The molecule has 3 rings (SSSR count). The first kappa shape index (κ1) is 18.5. The number of carbonyl (C=O) groups excluding carboxylic acids is 1. The molecule has 1 N–H and O–H groups in total. The normalized spacial score (nSPS) is 14.1. The first-order valence-electron chi connectivity index (χ1n) is 8.08. The van der Waals surface area contributed by atoms with E-state index in [9.17, 15) is 18.0 Å². The minimum atomic E-state index is -4.54. The van der Waals surface area contributed by atoms with Crippen LogP contribution < -0.4 is 5.32 Å². The van der Waals surface area contributed by atoms with Crippen LogP contribution in [0, 0.1) is 0 Å². The van der Waals surface area contributed by atoms with E-state index in [1.807, 2.05) is 24.3 Å². The smallest absolute Gasteiger partial charge is 0.368 e. The topological polar surface area (TPSA) is 41.5 Å². The second kappa shape index (κ2) is 7.50. The van der Waals surface area contributed by atoms with Crippen LogP contribution in [0.1, 0.15) is 22.3 Å². The average Bonchev–Trinajstić information content (AvgIpc) is 3.10. The van der Waals surface area contributed by atoms with Crippen LogP contribution in [0.3, 0.4) is 0 Å². The Bertz CT molecular complexity index is 862. The van der Waals surface area contributed by atoms with Crippen molar-refractivity contribution in [2.75, 3.05) is 13.1 Å². The van der Waals surface area contributed by atoms with Crippen molar-refractivity contribution in [2.45, 2.75) is 19.0 Å². The summed E-state index contributed by atoms with van der Waals surface area (Å²) in [6, 6.07) is 11.0. The summed E-state index contributed by atoms with van der Waals surface area (Å²) in [7, 11) is 0. The Morgan fingerprint density at radius 1 is 1.12 bits per heavy atom. The number of carbonyl (C=O) groups is 1. The molecule has 26 heavy (non-hydrogen) atoms. The molecule has 136 valence electrons. The van der Waals surface area contributed by atoms with Crippen LogP contribution in [0.4, 0.5) is 13.2 Å². The number of nitrogens with one attached hydrogen (secondary N) is 1. The molecule has 0 saturated carbocycles. The van der Waals surface area contributed by atoms with Gasteiger partial charge in [-0.05, 0) is 29.3 Å². The Kier molecular flexibility index (Phi) is 5.32. The van der Waals surface area contributed by atoms with E-state index in [1.54, 1.807) is 0 Å². The summed E-state index contributed by atoms with van der Waals surface area (Å²) in [5.74, 6) is 0.630. The molecule has 2 aromatic rings. The second-order valence-corrected chi connectivity index (χ2v) is 6.47. The van der Waals surface area contributed by atoms with Crippen molar-refractivity contribution in [1.82, 2.24) is 5.32 Å². The molecule has 1 heterocycles. The predicted octanol–water partition coefficient (Wildman–Crippen LogP) is 4.06. The number of alkyl halides is 3. The summed E-state index contributed by atoms with van der Waals surface area (Å²) >= 11 is 5.60. The summed E-state index contributed by atoms with van der Waals surface area (Å²) in [5, 5.41) is 2.80. The molecule has 0 amide bonds. The lowest BCUT2D eigenvalue weighted by molar-refractivity contribution is -0.137. The molecule has 0 spiro atoms. The Labute approximate surface area is 153 Å². The fourth-order valence-corrected chi connectivity index (χ4v) is 3.06. The van der Waals surface area contributed by atoms with E-state index in [4.69, 9.17) is 11.6 Å². The summed E-state index contributed by atoms with van der Waals surface area (Å²) < 4.78 is 38.8. The van der Waals surface area contributed by atoms with Gasteiger partial charge in [0.25, 0.3) is 0 Å². The third-order valence-electron chi connectivity index (χ3n) is 4.01. The largest absolute Gasteiger partial charge is 0.417 e. The van der Waals surface area contributed by atoms with Gasteiger partial charge in [-0.2, -0.15) is 13.2 Å². The highest BCUT2D eigenvalue weighted by molar-refractivity contribution is 6.31. The minimum Gasteiger partial charge on any atom is -0.368 e. The molecule has 0 fully saturated rings. The number of ketones is 1. The van der Waals surface area contributed by atoms with Crippen molar-refractivity contribution >= 4 is 23.2 Å². The van der Waals surface area contributed by atoms with E-state index in [0.717, 1.165) is 36.1 Å². The van der Waals surface area contributed by atoms with Gasteiger partial charge in [-0.3, -0.25) is 9.79 Å². The number of hydrogen-bond donors (Lipinski definition) is 1. The lowest BCUT2D eigenvalue weighted by Crippen LogP contribution is -2.19. The maximum Gasteiger partial charge on any atom is 0.417 e. The zero-order chi connectivity index (χ0) is 18.7. The molecule has 2 aromatic carbocycles. The van der Waals surface area contributed by atoms with Crippen LogP contribution in [0.15, 0.2) is 47.5 Å². The maximum absolute atomic E-state index is 12.9. The summed E-state index contributed by atoms with van der Waals surface area (Å²) in [4.78, 5) is 16.6. The highest BCUT2D eigenvalue weighted by Crippen LogP contribution is 2.35. The lowest BCUT2D eigenvalue weighted by atomic mass is 10.00. The van der Waals surface area contributed by atoms with E-state index in [2.05, 4.69) is 10.3 Å². The third kappa shape index (κ3) is 4.43. The molecule has 1 aliphatic heterocycles. The van der Waals surface area contributed by atoms with Crippen LogP contribution in [0.5, 0.6) is 0 Å². The van der Waals surface area contributed by atoms with Gasteiger partial charge in [0.15, 0.2) is 0 Å². The Balaban J connectivity index is 1.71.